The molecule has 6 rings (SSSR count). The second-order valence-corrected chi connectivity index (χ2v) is 11.2. The van der Waals surface area contributed by atoms with E-state index < -0.39 is 9.84 Å². The molecule has 5 heteroatoms. The van der Waals surface area contributed by atoms with Crippen LogP contribution in [0.1, 0.15) is 56.1 Å². The van der Waals surface area contributed by atoms with Crippen LogP contribution in [0.5, 0.6) is 0 Å². The lowest BCUT2D eigenvalue weighted by molar-refractivity contribution is -0.124. The average molecular weight is 359 g/mol. The summed E-state index contributed by atoms with van der Waals surface area (Å²) in [5.41, 5.74) is 2.69. The first kappa shape index (κ1) is 15.9. The SMILES string of the molecule is O=C(CC12CC3CC(CC(C3)C1)C2)Nc1ccc2c(c1)CS(=O)(=O)C2. The molecule has 1 aromatic rings. The number of benzene rings is 1. The Morgan fingerprint density at radius 1 is 1.00 bits per heavy atom. The van der Waals surface area contributed by atoms with Crippen LogP contribution in [0.2, 0.25) is 0 Å². The molecular weight excluding hydrogens is 334 g/mol. The van der Waals surface area contributed by atoms with Crippen molar-refractivity contribution >= 4 is 21.4 Å². The number of nitrogens with one attached hydrogen (secondary N) is 1. The quantitative estimate of drug-likeness (QED) is 0.896. The van der Waals surface area contributed by atoms with Crippen molar-refractivity contribution in [2.45, 2.75) is 56.5 Å². The first-order chi connectivity index (χ1) is 11.9. The number of carbonyl (C=O) groups excluding carboxylic acids is 1. The van der Waals surface area contributed by atoms with Crippen LogP contribution >= 0.6 is 0 Å². The van der Waals surface area contributed by atoms with Gasteiger partial charge in [0, 0.05) is 12.1 Å². The Hall–Kier alpha value is -1.36. The van der Waals surface area contributed by atoms with E-state index in [1.807, 2.05) is 18.2 Å². The van der Waals surface area contributed by atoms with Crippen LogP contribution in [0.15, 0.2) is 18.2 Å². The van der Waals surface area contributed by atoms with Crippen molar-refractivity contribution in [2.75, 3.05) is 5.32 Å². The van der Waals surface area contributed by atoms with Gasteiger partial charge in [0.25, 0.3) is 0 Å². The maximum Gasteiger partial charge on any atom is 0.224 e. The molecule has 134 valence electrons. The van der Waals surface area contributed by atoms with Gasteiger partial charge in [-0.05, 0) is 85.0 Å². The number of rotatable bonds is 3. The summed E-state index contributed by atoms with van der Waals surface area (Å²) in [6.45, 7) is 0. The fourth-order valence-corrected chi connectivity index (χ4v) is 8.16. The molecule has 0 aromatic heterocycles. The van der Waals surface area contributed by atoms with Crippen molar-refractivity contribution < 1.29 is 13.2 Å². The molecule has 1 amide bonds. The third-order valence-electron chi connectivity index (χ3n) is 6.94. The van der Waals surface area contributed by atoms with Gasteiger partial charge in [0.2, 0.25) is 5.91 Å². The molecule has 0 radical (unpaired) electrons. The first-order valence-corrected chi connectivity index (χ1v) is 11.3. The highest BCUT2D eigenvalue weighted by Crippen LogP contribution is 2.61. The average Bonchev–Trinajstić information content (AvgIpc) is 2.78. The van der Waals surface area contributed by atoms with Gasteiger partial charge in [-0.1, -0.05) is 6.07 Å². The van der Waals surface area contributed by atoms with Crippen molar-refractivity contribution in [3.05, 3.63) is 29.3 Å². The first-order valence-electron chi connectivity index (χ1n) is 9.50. The minimum atomic E-state index is -3.00. The number of amides is 1. The molecule has 1 aliphatic heterocycles. The Morgan fingerprint density at radius 2 is 1.60 bits per heavy atom. The van der Waals surface area contributed by atoms with Gasteiger partial charge in [0.1, 0.15) is 0 Å². The van der Waals surface area contributed by atoms with Crippen LogP contribution in [0, 0.1) is 23.2 Å². The summed E-state index contributed by atoms with van der Waals surface area (Å²) in [7, 11) is -3.00. The van der Waals surface area contributed by atoms with E-state index in [0.717, 1.165) is 34.6 Å². The van der Waals surface area contributed by atoms with Gasteiger partial charge in [0.05, 0.1) is 11.5 Å². The summed E-state index contributed by atoms with van der Waals surface area (Å²) in [4.78, 5) is 12.7. The van der Waals surface area contributed by atoms with E-state index in [1.54, 1.807) is 0 Å². The third-order valence-corrected chi connectivity index (χ3v) is 8.44. The number of hydrogen-bond donors (Lipinski definition) is 1. The minimum absolute atomic E-state index is 0.0982. The monoisotopic (exact) mass is 359 g/mol. The van der Waals surface area contributed by atoms with Crippen LogP contribution in [0.25, 0.3) is 0 Å². The van der Waals surface area contributed by atoms with Gasteiger partial charge < -0.3 is 5.32 Å². The van der Waals surface area contributed by atoms with E-state index in [1.165, 1.54) is 38.5 Å². The van der Waals surface area contributed by atoms with Crippen LogP contribution in [0.3, 0.4) is 0 Å². The predicted molar refractivity (Wildman–Crippen MR) is 96.6 cm³/mol. The maximum atomic E-state index is 12.7. The minimum Gasteiger partial charge on any atom is -0.326 e. The van der Waals surface area contributed by atoms with Gasteiger partial charge in [-0.25, -0.2) is 8.42 Å². The van der Waals surface area contributed by atoms with Gasteiger partial charge >= 0.3 is 0 Å². The summed E-state index contributed by atoms with van der Waals surface area (Å²) in [6.07, 6.45) is 8.49. The molecule has 0 spiro atoms. The van der Waals surface area contributed by atoms with Gasteiger partial charge in [-0.2, -0.15) is 0 Å². The lowest BCUT2D eigenvalue weighted by Crippen LogP contribution is -2.47. The standard InChI is InChI=1S/C20H25NO3S/c22-19(10-20-7-13-3-14(8-20)5-15(4-13)9-20)21-18-2-1-16-11-25(23,24)12-17(16)6-18/h1-2,6,13-15H,3-5,7-12H2,(H,21,22). The Morgan fingerprint density at radius 3 is 2.24 bits per heavy atom. The van der Waals surface area contributed by atoms with Crippen LogP contribution in [-0.2, 0) is 26.1 Å². The molecule has 1 N–H and O–H groups in total. The molecule has 0 atom stereocenters. The lowest BCUT2D eigenvalue weighted by Gasteiger charge is -2.56. The number of hydrogen-bond acceptors (Lipinski definition) is 3. The van der Waals surface area contributed by atoms with E-state index >= 15 is 0 Å². The molecule has 5 aliphatic rings. The predicted octanol–water partition coefficient (Wildman–Crippen LogP) is 3.66. The van der Waals surface area contributed by atoms with Crippen LogP contribution in [0.4, 0.5) is 5.69 Å². The zero-order valence-corrected chi connectivity index (χ0v) is 15.3. The van der Waals surface area contributed by atoms with Gasteiger partial charge in [-0.15, -0.1) is 0 Å². The second kappa shape index (κ2) is 5.32. The third kappa shape index (κ3) is 2.90. The molecular formula is C20H25NO3S. The Balaban J connectivity index is 1.29. The number of fused-ring (bicyclic) bond motifs is 1. The van der Waals surface area contributed by atoms with E-state index in [2.05, 4.69) is 5.32 Å². The summed E-state index contributed by atoms with van der Waals surface area (Å²) in [5, 5.41) is 3.04. The van der Waals surface area contributed by atoms with Crippen LogP contribution in [-0.4, -0.2) is 14.3 Å². The van der Waals surface area contributed by atoms with E-state index in [4.69, 9.17) is 0 Å². The zero-order chi connectivity index (χ0) is 17.2. The lowest BCUT2D eigenvalue weighted by atomic mass is 9.49. The summed E-state index contributed by atoms with van der Waals surface area (Å²) in [6, 6.07) is 5.54. The molecule has 0 unspecified atom stereocenters. The fourth-order valence-electron chi connectivity index (χ4n) is 6.56. The molecule has 4 aliphatic carbocycles. The largest absolute Gasteiger partial charge is 0.326 e. The molecule has 0 saturated heterocycles. The fraction of sp³-hybridized carbons (Fsp3) is 0.650. The normalized spacial score (nSPS) is 37.0. The Bertz CT molecular complexity index is 807. The number of sulfone groups is 1. The highest BCUT2D eigenvalue weighted by molar-refractivity contribution is 7.90. The molecule has 4 fully saturated rings. The van der Waals surface area contributed by atoms with Crippen molar-refractivity contribution in [1.82, 2.24) is 0 Å². The second-order valence-electron chi connectivity index (χ2n) is 9.16. The molecule has 4 nitrogen and oxygen atoms in total. The Labute approximate surface area is 149 Å². The van der Waals surface area contributed by atoms with E-state index in [9.17, 15) is 13.2 Å². The van der Waals surface area contributed by atoms with Crippen molar-refractivity contribution in [3.8, 4) is 0 Å². The summed E-state index contributed by atoms with van der Waals surface area (Å²) < 4.78 is 23.5. The van der Waals surface area contributed by atoms with Crippen LogP contribution < -0.4 is 5.32 Å². The molecule has 4 saturated carbocycles. The van der Waals surface area contributed by atoms with Crippen molar-refractivity contribution in [1.29, 1.82) is 0 Å². The molecule has 25 heavy (non-hydrogen) atoms. The highest BCUT2D eigenvalue weighted by Gasteiger charge is 2.51. The Kier molecular flexibility index (Phi) is 3.38. The number of carbonyl (C=O) groups is 1. The molecule has 4 bridgehead atoms. The molecule has 1 aromatic carbocycles. The topological polar surface area (TPSA) is 63.2 Å². The number of anilines is 1. The molecule has 1 heterocycles. The van der Waals surface area contributed by atoms with Crippen molar-refractivity contribution in [2.24, 2.45) is 23.2 Å². The van der Waals surface area contributed by atoms with Gasteiger partial charge in [0.15, 0.2) is 9.84 Å². The van der Waals surface area contributed by atoms with E-state index in [-0.39, 0.29) is 22.8 Å². The zero-order valence-electron chi connectivity index (χ0n) is 14.5. The summed E-state index contributed by atoms with van der Waals surface area (Å²) >= 11 is 0. The highest BCUT2D eigenvalue weighted by atomic mass is 32.2. The van der Waals surface area contributed by atoms with E-state index in [0.29, 0.717) is 6.42 Å². The smallest absolute Gasteiger partial charge is 0.224 e. The van der Waals surface area contributed by atoms with Crippen molar-refractivity contribution in [3.63, 3.8) is 0 Å². The van der Waals surface area contributed by atoms with Gasteiger partial charge in [-0.3, -0.25) is 4.79 Å². The summed E-state index contributed by atoms with van der Waals surface area (Å²) in [5.74, 6) is 2.88. The maximum absolute atomic E-state index is 12.7.